The van der Waals surface area contributed by atoms with Crippen molar-refractivity contribution in [2.45, 2.75) is 36.5 Å². The maximum atomic E-state index is 14.1. The van der Waals surface area contributed by atoms with Gasteiger partial charge in [0.05, 0.1) is 23.6 Å². The van der Waals surface area contributed by atoms with E-state index in [1.807, 2.05) is 24.3 Å². The Hall–Kier alpha value is -3.96. The number of likely N-dealkylation sites (N-methyl/N-ethyl adjacent to an activating group) is 1. The number of Topliss-reactive ketones (excluding diaryl/α,β-unsaturated/α-hetero) is 2. The molecule has 3 aliphatic rings. The molecule has 3 aliphatic carbocycles. The minimum atomic E-state index is -2.95. The molecular weight excluding hydrogens is 564 g/mol. The van der Waals surface area contributed by atoms with Crippen LogP contribution >= 0.6 is 11.6 Å². The van der Waals surface area contributed by atoms with Gasteiger partial charge in [-0.25, -0.2) is 0 Å². The predicted octanol–water partition coefficient (Wildman–Crippen LogP) is 2.41. The fraction of sp³-hybridized carbons (Fsp3) is 0.323. The Morgan fingerprint density at radius 3 is 2.29 bits per heavy atom. The molecule has 0 saturated heterocycles. The van der Waals surface area contributed by atoms with E-state index in [0.29, 0.717) is 17.0 Å². The number of nitrogens with two attached hydrogens (primary N) is 1. The molecule has 0 heterocycles. The number of fused-ring (bicyclic) bond motifs is 3. The SMILES string of the molecule is C[C@H]1c2ccc(/C=C/c3ccc(CCl)cc3)c(O)c2C(O)=C2C(=O)[C@]3(O)C(O)=C(C(N)=O)C(=O)[C@@H](N(C)C)[C@@H]3[C@@H](O)[C@@H]21. The van der Waals surface area contributed by atoms with E-state index in [4.69, 9.17) is 17.3 Å². The number of halogens is 1. The third-order valence-electron chi connectivity index (χ3n) is 8.75. The molecule has 220 valence electrons. The average molecular weight is 595 g/mol. The van der Waals surface area contributed by atoms with Gasteiger partial charge in [-0.3, -0.25) is 19.3 Å². The van der Waals surface area contributed by atoms with Gasteiger partial charge in [-0.05, 0) is 36.7 Å². The Labute approximate surface area is 246 Å². The molecule has 1 saturated carbocycles. The van der Waals surface area contributed by atoms with Crippen LogP contribution in [-0.4, -0.2) is 79.7 Å². The van der Waals surface area contributed by atoms with Gasteiger partial charge in [0, 0.05) is 22.9 Å². The number of aromatic hydroxyl groups is 1. The summed E-state index contributed by atoms with van der Waals surface area (Å²) in [6, 6.07) is 9.34. The van der Waals surface area contributed by atoms with E-state index < -0.39 is 75.6 Å². The maximum absolute atomic E-state index is 14.1. The van der Waals surface area contributed by atoms with E-state index in [9.17, 15) is 39.9 Å². The molecule has 0 spiro atoms. The van der Waals surface area contributed by atoms with Gasteiger partial charge >= 0.3 is 0 Å². The molecule has 0 aromatic heterocycles. The van der Waals surface area contributed by atoms with Gasteiger partial charge < -0.3 is 31.3 Å². The van der Waals surface area contributed by atoms with Crippen LogP contribution in [0.4, 0.5) is 0 Å². The van der Waals surface area contributed by atoms with E-state index in [1.54, 1.807) is 31.2 Å². The van der Waals surface area contributed by atoms with E-state index >= 15 is 0 Å². The van der Waals surface area contributed by atoms with Crippen LogP contribution in [0.25, 0.3) is 17.9 Å². The average Bonchev–Trinajstić information content (AvgIpc) is 2.94. The Morgan fingerprint density at radius 1 is 1.07 bits per heavy atom. The van der Waals surface area contributed by atoms with Crippen LogP contribution in [0.5, 0.6) is 5.75 Å². The normalized spacial score (nSPS) is 29.2. The first-order valence-electron chi connectivity index (χ1n) is 13.3. The summed E-state index contributed by atoms with van der Waals surface area (Å²) in [5, 5.41) is 57.2. The summed E-state index contributed by atoms with van der Waals surface area (Å²) < 4.78 is 0. The van der Waals surface area contributed by atoms with Crippen LogP contribution < -0.4 is 5.73 Å². The minimum absolute atomic E-state index is 0.0642. The molecule has 6 atom stereocenters. The summed E-state index contributed by atoms with van der Waals surface area (Å²) in [6.07, 6.45) is 1.73. The lowest BCUT2D eigenvalue weighted by molar-refractivity contribution is -0.169. The highest BCUT2D eigenvalue weighted by Gasteiger charge is 2.68. The van der Waals surface area contributed by atoms with Gasteiger partial charge in [0.25, 0.3) is 5.91 Å². The number of primary amides is 1. The smallest absolute Gasteiger partial charge is 0.255 e. The van der Waals surface area contributed by atoms with Gasteiger partial charge in [-0.1, -0.05) is 55.5 Å². The number of hydrogen-bond acceptors (Lipinski definition) is 9. The molecule has 2 aromatic rings. The summed E-state index contributed by atoms with van der Waals surface area (Å²) in [5.41, 5.74) is 3.47. The molecule has 0 unspecified atom stereocenters. The number of rotatable bonds is 5. The second-order valence-electron chi connectivity index (χ2n) is 11.2. The summed E-state index contributed by atoms with van der Waals surface area (Å²) in [5.74, 6) is -8.81. The maximum Gasteiger partial charge on any atom is 0.255 e. The van der Waals surface area contributed by atoms with E-state index in [0.717, 1.165) is 11.1 Å². The number of benzene rings is 2. The minimum Gasteiger partial charge on any atom is -0.508 e. The number of amides is 1. The summed E-state index contributed by atoms with van der Waals surface area (Å²) in [7, 11) is 2.92. The molecule has 11 heteroatoms. The highest BCUT2D eigenvalue weighted by Crippen LogP contribution is 2.56. The van der Waals surface area contributed by atoms with Gasteiger partial charge in [-0.2, -0.15) is 0 Å². The number of phenols is 1. The standard InChI is InChI=1S/C31H31ClN2O8/c1-13-17-11-10-16(9-8-14-4-6-15(12-32)7-5-14)24(35)19(17)25(36)20-18(13)26(37)22-23(34(2)3)27(38)21(30(33)41)29(40)31(22,42)28(20)39/h4-11,13,18,22-23,26,35-37,40,42H,12H2,1-3H3,(H2,33,41)/b9-8+/t13-,18+,22+,23-,26-,31-/m0/s1. The number of aliphatic hydroxyl groups excluding tert-OH is 3. The fourth-order valence-electron chi connectivity index (χ4n) is 6.67. The summed E-state index contributed by atoms with van der Waals surface area (Å²) in [4.78, 5) is 40.8. The van der Waals surface area contributed by atoms with Crippen molar-refractivity contribution in [3.63, 3.8) is 0 Å². The highest BCUT2D eigenvalue weighted by atomic mass is 35.5. The van der Waals surface area contributed by atoms with Crippen molar-refractivity contribution >= 4 is 47.0 Å². The molecule has 42 heavy (non-hydrogen) atoms. The van der Waals surface area contributed by atoms with Crippen molar-refractivity contribution < 1.29 is 39.9 Å². The fourth-order valence-corrected chi connectivity index (χ4v) is 6.85. The molecule has 1 amide bonds. The van der Waals surface area contributed by atoms with Crippen molar-refractivity contribution in [1.82, 2.24) is 4.90 Å². The Kier molecular flexibility index (Phi) is 7.31. The lowest BCUT2D eigenvalue weighted by Crippen LogP contribution is -2.70. The van der Waals surface area contributed by atoms with Crippen LogP contribution in [0, 0.1) is 11.8 Å². The number of nitrogens with zero attached hydrogens (tertiary/aromatic N) is 1. The third-order valence-corrected chi connectivity index (χ3v) is 9.06. The first-order chi connectivity index (χ1) is 19.8. The number of aliphatic hydroxyl groups is 4. The lowest BCUT2D eigenvalue weighted by atomic mass is 9.54. The number of hydrogen-bond donors (Lipinski definition) is 6. The first-order valence-corrected chi connectivity index (χ1v) is 13.8. The first kappa shape index (κ1) is 29.5. The Bertz CT molecular complexity index is 1610. The highest BCUT2D eigenvalue weighted by molar-refractivity contribution is 6.24. The van der Waals surface area contributed by atoms with Crippen LogP contribution in [0.1, 0.15) is 40.7 Å². The number of carbonyl (C=O) groups excluding carboxylic acids is 3. The zero-order chi connectivity index (χ0) is 30.8. The van der Waals surface area contributed by atoms with Crippen molar-refractivity contribution in [2.24, 2.45) is 17.6 Å². The van der Waals surface area contributed by atoms with Crippen LogP contribution in [-0.2, 0) is 20.3 Å². The van der Waals surface area contributed by atoms with Gasteiger partial charge in [0.15, 0.2) is 11.4 Å². The van der Waals surface area contributed by atoms with Crippen molar-refractivity contribution in [2.75, 3.05) is 14.1 Å². The van der Waals surface area contributed by atoms with Crippen molar-refractivity contribution in [3.05, 3.63) is 81.1 Å². The van der Waals surface area contributed by atoms with Crippen LogP contribution in [0.2, 0.25) is 0 Å². The summed E-state index contributed by atoms with van der Waals surface area (Å²) >= 11 is 5.85. The quantitative estimate of drug-likeness (QED) is 0.172. The summed E-state index contributed by atoms with van der Waals surface area (Å²) in [6.45, 7) is 1.68. The molecule has 0 radical (unpaired) electrons. The molecule has 2 aromatic carbocycles. The molecule has 0 aliphatic heterocycles. The second kappa shape index (κ2) is 10.4. The monoisotopic (exact) mass is 594 g/mol. The largest absolute Gasteiger partial charge is 0.508 e. The molecular formula is C31H31ClN2O8. The predicted molar refractivity (Wildman–Crippen MR) is 155 cm³/mol. The zero-order valence-corrected chi connectivity index (χ0v) is 23.8. The zero-order valence-electron chi connectivity index (χ0n) is 23.1. The number of alkyl halides is 1. The van der Waals surface area contributed by atoms with E-state index in [-0.39, 0.29) is 11.3 Å². The molecule has 7 N–H and O–H groups in total. The molecule has 5 rings (SSSR count). The van der Waals surface area contributed by atoms with Crippen molar-refractivity contribution in [3.8, 4) is 5.75 Å². The van der Waals surface area contributed by atoms with Crippen LogP contribution in [0.15, 0.2) is 53.3 Å². The van der Waals surface area contributed by atoms with Gasteiger partial charge in [0.1, 0.15) is 22.8 Å². The topological polar surface area (TPSA) is 182 Å². The number of phenolic OH excluding ortho intramolecular Hbond substituents is 1. The van der Waals surface area contributed by atoms with Crippen LogP contribution in [0.3, 0.4) is 0 Å². The molecule has 1 fully saturated rings. The Balaban J connectivity index is 1.68. The van der Waals surface area contributed by atoms with Gasteiger partial charge in [-0.15, -0.1) is 11.6 Å². The second-order valence-corrected chi connectivity index (χ2v) is 11.5. The third kappa shape index (κ3) is 4.09. The van der Waals surface area contributed by atoms with E-state index in [2.05, 4.69) is 0 Å². The van der Waals surface area contributed by atoms with E-state index in [1.165, 1.54) is 19.0 Å². The van der Waals surface area contributed by atoms with Crippen molar-refractivity contribution in [1.29, 1.82) is 0 Å². The molecule has 0 bridgehead atoms. The van der Waals surface area contributed by atoms with Gasteiger partial charge in [0.2, 0.25) is 5.78 Å². The number of carbonyl (C=O) groups is 3. The Morgan fingerprint density at radius 2 is 1.71 bits per heavy atom. The lowest BCUT2D eigenvalue weighted by Gasteiger charge is -2.53. The number of ketones is 2. The molecule has 10 nitrogen and oxygen atoms in total.